The van der Waals surface area contributed by atoms with Crippen molar-refractivity contribution < 1.29 is 14.3 Å². The second kappa shape index (κ2) is 8.12. The second-order valence-corrected chi connectivity index (χ2v) is 4.85. The van der Waals surface area contributed by atoms with Gasteiger partial charge >= 0.3 is 6.09 Å². The van der Waals surface area contributed by atoms with Gasteiger partial charge in [-0.25, -0.2) is 4.79 Å². The van der Waals surface area contributed by atoms with E-state index in [1.54, 1.807) is 0 Å². The minimum absolute atomic E-state index is 0.188. The van der Waals surface area contributed by atoms with Crippen molar-refractivity contribution in [3.8, 4) is 0 Å². The Morgan fingerprint density at radius 3 is 2.59 bits per heavy atom. The molecule has 0 saturated heterocycles. The van der Waals surface area contributed by atoms with Crippen molar-refractivity contribution in [3.63, 3.8) is 0 Å². The van der Waals surface area contributed by atoms with Crippen LogP contribution in [0.1, 0.15) is 40.5 Å². The van der Waals surface area contributed by atoms with E-state index in [9.17, 15) is 4.79 Å². The van der Waals surface area contributed by atoms with Gasteiger partial charge in [-0.1, -0.05) is 13.0 Å². The molecule has 0 saturated carbocycles. The lowest BCUT2D eigenvalue weighted by atomic mass is 10.2. The molecule has 4 heteroatoms. The minimum atomic E-state index is -0.459. The first-order chi connectivity index (χ1) is 7.89. The molecule has 0 heterocycles. The van der Waals surface area contributed by atoms with Gasteiger partial charge in [-0.3, -0.25) is 0 Å². The first kappa shape index (κ1) is 16.0. The molecule has 0 aliphatic heterocycles. The van der Waals surface area contributed by atoms with Gasteiger partial charge in [0.1, 0.15) is 5.60 Å². The molecule has 0 aromatic carbocycles. The van der Waals surface area contributed by atoms with Crippen LogP contribution in [0.3, 0.4) is 0 Å². The average Bonchev–Trinajstić information content (AvgIpc) is 2.20. The fourth-order valence-corrected chi connectivity index (χ4v) is 1.23. The van der Waals surface area contributed by atoms with E-state index in [4.69, 9.17) is 9.47 Å². The minimum Gasteiger partial charge on any atom is -0.444 e. The number of nitrogens with one attached hydrogen (secondary N) is 1. The van der Waals surface area contributed by atoms with Crippen molar-refractivity contribution >= 4 is 6.09 Å². The molecule has 1 N–H and O–H groups in total. The van der Waals surface area contributed by atoms with E-state index in [2.05, 4.69) is 18.8 Å². The zero-order valence-electron chi connectivity index (χ0n) is 11.4. The Kier molecular flexibility index (Phi) is 7.63. The number of carbonyl (C=O) groups excluding carboxylic acids is 1. The summed E-state index contributed by atoms with van der Waals surface area (Å²) < 4.78 is 10.7. The lowest BCUT2D eigenvalue weighted by Gasteiger charge is -2.20. The van der Waals surface area contributed by atoms with Gasteiger partial charge in [0.05, 0.1) is 12.7 Å². The molecule has 0 aliphatic rings. The quantitative estimate of drug-likeness (QED) is 0.552. The van der Waals surface area contributed by atoms with Crippen LogP contribution in [-0.2, 0) is 9.47 Å². The van der Waals surface area contributed by atoms with Crippen LogP contribution < -0.4 is 5.32 Å². The van der Waals surface area contributed by atoms with Gasteiger partial charge in [-0.15, -0.1) is 6.58 Å². The molecule has 0 bridgehead atoms. The molecule has 0 aromatic rings. The highest BCUT2D eigenvalue weighted by Gasteiger charge is 2.15. The summed E-state index contributed by atoms with van der Waals surface area (Å²) in [7, 11) is 0. The molecule has 0 aromatic heterocycles. The number of ether oxygens (including phenoxy) is 2. The monoisotopic (exact) mass is 243 g/mol. The third-order valence-electron chi connectivity index (χ3n) is 2.01. The van der Waals surface area contributed by atoms with Gasteiger partial charge < -0.3 is 14.8 Å². The Morgan fingerprint density at radius 2 is 2.12 bits per heavy atom. The molecule has 0 spiro atoms. The zero-order chi connectivity index (χ0) is 13.3. The third-order valence-corrected chi connectivity index (χ3v) is 2.01. The van der Waals surface area contributed by atoms with Crippen molar-refractivity contribution in [3.05, 3.63) is 12.7 Å². The first-order valence-corrected chi connectivity index (χ1v) is 6.08. The molecule has 0 fully saturated rings. The van der Waals surface area contributed by atoms with Crippen LogP contribution >= 0.6 is 0 Å². The molecule has 1 amide bonds. The molecule has 4 nitrogen and oxygen atoms in total. The number of hydrogen-bond donors (Lipinski definition) is 1. The van der Waals surface area contributed by atoms with E-state index in [1.807, 2.05) is 26.8 Å². The van der Waals surface area contributed by atoms with Crippen LogP contribution in [-0.4, -0.2) is 30.9 Å². The van der Waals surface area contributed by atoms with Crippen molar-refractivity contribution in [2.24, 2.45) is 0 Å². The van der Waals surface area contributed by atoms with Gasteiger partial charge in [-0.05, 0) is 33.6 Å². The van der Waals surface area contributed by atoms with Crippen LogP contribution in [0.5, 0.6) is 0 Å². The molecule has 0 aliphatic carbocycles. The highest BCUT2D eigenvalue weighted by Crippen LogP contribution is 2.06. The molecule has 0 rings (SSSR count). The summed E-state index contributed by atoms with van der Waals surface area (Å²) in [5.41, 5.74) is -0.459. The predicted molar refractivity (Wildman–Crippen MR) is 69.1 cm³/mol. The van der Waals surface area contributed by atoms with Crippen molar-refractivity contribution in [2.75, 3.05) is 13.2 Å². The maximum absolute atomic E-state index is 11.3. The fourth-order valence-electron chi connectivity index (χ4n) is 1.23. The lowest BCUT2D eigenvalue weighted by molar-refractivity contribution is 0.0391. The molecule has 0 radical (unpaired) electrons. The summed E-state index contributed by atoms with van der Waals surface area (Å²) in [5.74, 6) is 0. The van der Waals surface area contributed by atoms with E-state index >= 15 is 0 Å². The Balaban J connectivity index is 3.63. The van der Waals surface area contributed by atoms with Gasteiger partial charge in [0.25, 0.3) is 0 Å². The van der Waals surface area contributed by atoms with Crippen molar-refractivity contribution in [1.82, 2.24) is 5.32 Å². The van der Waals surface area contributed by atoms with Crippen molar-refractivity contribution in [1.29, 1.82) is 0 Å². The van der Waals surface area contributed by atoms with Crippen LogP contribution in [0, 0.1) is 0 Å². The molecule has 17 heavy (non-hydrogen) atoms. The Hall–Kier alpha value is -1.03. The highest BCUT2D eigenvalue weighted by atomic mass is 16.6. The average molecular weight is 243 g/mol. The van der Waals surface area contributed by atoms with E-state index in [0.717, 1.165) is 12.8 Å². The van der Waals surface area contributed by atoms with Gasteiger partial charge in [0.15, 0.2) is 0 Å². The van der Waals surface area contributed by atoms with Crippen LogP contribution in [0.15, 0.2) is 12.7 Å². The van der Waals surface area contributed by atoms with Crippen LogP contribution in [0.4, 0.5) is 4.79 Å². The van der Waals surface area contributed by atoms with Crippen LogP contribution in [0.2, 0.25) is 0 Å². The normalized spacial score (nSPS) is 12.9. The standard InChI is InChI=1S/C13H25NO3/c1-6-8-11(7-2)16-10-9-14-12(15)17-13(3,4)5/h6,11H,1,7-10H2,2-5H3,(H,14,15). The van der Waals surface area contributed by atoms with Gasteiger partial charge in [0, 0.05) is 6.54 Å². The van der Waals surface area contributed by atoms with E-state index in [-0.39, 0.29) is 6.10 Å². The predicted octanol–water partition coefficient (Wildman–Crippen LogP) is 2.88. The maximum Gasteiger partial charge on any atom is 0.407 e. The molecule has 1 unspecified atom stereocenters. The maximum atomic E-state index is 11.3. The Morgan fingerprint density at radius 1 is 1.47 bits per heavy atom. The number of hydrogen-bond acceptors (Lipinski definition) is 3. The summed E-state index contributed by atoms with van der Waals surface area (Å²) >= 11 is 0. The summed E-state index contributed by atoms with van der Waals surface area (Å²) in [5, 5.41) is 2.65. The fraction of sp³-hybridized carbons (Fsp3) is 0.769. The Labute approximate surface area is 104 Å². The van der Waals surface area contributed by atoms with E-state index < -0.39 is 11.7 Å². The zero-order valence-corrected chi connectivity index (χ0v) is 11.4. The lowest BCUT2D eigenvalue weighted by Crippen LogP contribution is -2.34. The number of rotatable bonds is 7. The molecular formula is C13H25NO3. The SMILES string of the molecule is C=CCC(CC)OCCNC(=O)OC(C)(C)C. The largest absolute Gasteiger partial charge is 0.444 e. The topological polar surface area (TPSA) is 47.6 Å². The van der Waals surface area contributed by atoms with E-state index in [1.165, 1.54) is 0 Å². The highest BCUT2D eigenvalue weighted by molar-refractivity contribution is 5.67. The number of amides is 1. The Bertz CT molecular complexity index is 233. The molecule has 100 valence electrons. The third kappa shape index (κ3) is 9.87. The summed E-state index contributed by atoms with van der Waals surface area (Å²) in [6.07, 6.45) is 3.41. The number of carbonyl (C=O) groups is 1. The second-order valence-electron chi connectivity index (χ2n) is 4.85. The van der Waals surface area contributed by atoms with E-state index in [0.29, 0.717) is 13.2 Å². The van der Waals surface area contributed by atoms with Gasteiger partial charge in [0.2, 0.25) is 0 Å². The first-order valence-electron chi connectivity index (χ1n) is 6.08. The summed E-state index contributed by atoms with van der Waals surface area (Å²) in [6, 6.07) is 0. The van der Waals surface area contributed by atoms with Gasteiger partial charge in [-0.2, -0.15) is 0 Å². The summed E-state index contributed by atoms with van der Waals surface area (Å²) in [4.78, 5) is 11.3. The smallest absolute Gasteiger partial charge is 0.407 e. The summed E-state index contributed by atoms with van der Waals surface area (Å²) in [6.45, 7) is 12.2. The van der Waals surface area contributed by atoms with Crippen molar-refractivity contribution in [2.45, 2.75) is 52.2 Å². The van der Waals surface area contributed by atoms with Crippen LogP contribution in [0.25, 0.3) is 0 Å². The molecular weight excluding hydrogens is 218 g/mol. The molecule has 1 atom stereocenters. The number of alkyl carbamates (subject to hydrolysis) is 1.